The third-order valence-electron chi connectivity index (χ3n) is 5.86. The SMILES string of the molecule is COc1ccc(CN2CCC[C@@](O)(COc3ccccc3)C2)cc1OCCn1cc(C)cn1. The lowest BCUT2D eigenvalue weighted by molar-refractivity contribution is -0.0621. The van der Waals surface area contributed by atoms with E-state index in [4.69, 9.17) is 14.2 Å². The Morgan fingerprint density at radius 2 is 1.94 bits per heavy atom. The fourth-order valence-electron chi connectivity index (χ4n) is 4.22. The largest absolute Gasteiger partial charge is 0.493 e. The van der Waals surface area contributed by atoms with Crippen LogP contribution in [0.3, 0.4) is 0 Å². The summed E-state index contributed by atoms with van der Waals surface area (Å²) in [6.07, 6.45) is 5.50. The predicted molar refractivity (Wildman–Crippen MR) is 127 cm³/mol. The number of aliphatic hydroxyl groups is 1. The van der Waals surface area contributed by atoms with Crippen LogP contribution >= 0.6 is 0 Å². The van der Waals surface area contributed by atoms with Crippen LogP contribution in [0.1, 0.15) is 24.0 Å². The summed E-state index contributed by atoms with van der Waals surface area (Å²) < 4.78 is 19.2. The van der Waals surface area contributed by atoms with Crippen molar-refractivity contribution >= 4 is 0 Å². The molecule has 1 aliphatic rings. The number of piperidine rings is 1. The first-order valence-corrected chi connectivity index (χ1v) is 11.4. The fraction of sp³-hybridized carbons (Fsp3) is 0.423. The van der Waals surface area contributed by atoms with Gasteiger partial charge in [-0.25, -0.2) is 0 Å². The zero-order valence-corrected chi connectivity index (χ0v) is 19.4. The van der Waals surface area contributed by atoms with Gasteiger partial charge in [-0.1, -0.05) is 24.3 Å². The first-order chi connectivity index (χ1) is 16.0. The number of likely N-dealkylation sites (tertiary alicyclic amines) is 1. The van der Waals surface area contributed by atoms with Gasteiger partial charge in [0, 0.05) is 19.3 Å². The van der Waals surface area contributed by atoms with E-state index in [1.807, 2.05) is 66.5 Å². The highest BCUT2D eigenvalue weighted by Gasteiger charge is 2.34. The number of rotatable bonds is 10. The molecule has 4 rings (SSSR count). The second-order valence-corrected chi connectivity index (χ2v) is 8.75. The topological polar surface area (TPSA) is 69.0 Å². The van der Waals surface area contributed by atoms with E-state index in [1.54, 1.807) is 7.11 Å². The van der Waals surface area contributed by atoms with Crippen LogP contribution < -0.4 is 14.2 Å². The van der Waals surface area contributed by atoms with Crippen LogP contribution in [0.5, 0.6) is 17.2 Å². The van der Waals surface area contributed by atoms with Crippen molar-refractivity contribution in [1.82, 2.24) is 14.7 Å². The van der Waals surface area contributed by atoms with Crippen molar-refractivity contribution in [2.75, 3.05) is 33.4 Å². The molecule has 2 aromatic carbocycles. The summed E-state index contributed by atoms with van der Waals surface area (Å²) >= 11 is 0. The molecule has 176 valence electrons. The summed E-state index contributed by atoms with van der Waals surface area (Å²) in [5, 5.41) is 15.4. The van der Waals surface area contributed by atoms with E-state index < -0.39 is 5.60 Å². The van der Waals surface area contributed by atoms with Crippen molar-refractivity contribution in [2.45, 2.75) is 38.5 Å². The highest BCUT2D eigenvalue weighted by atomic mass is 16.5. The van der Waals surface area contributed by atoms with Crippen molar-refractivity contribution < 1.29 is 19.3 Å². The van der Waals surface area contributed by atoms with Crippen molar-refractivity contribution in [3.05, 3.63) is 72.1 Å². The average Bonchev–Trinajstić information content (AvgIpc) is 3.24. The Hall–Kier alpha value is -3.03. The van der Waals surface area contributed by atoms with Crippen LogP contribution in [0.15, 0.2) is 60.9 Å². The number of aryl methyl sites for hydroxylation is 1. The van der Waals surface area contributed by atoms with Gasteiger partial charge < -0.3 is 19.3 Å². The lowest BCUT2D eigenvalue weighted by Gasteiger charge is -2.39. The summed E-state index contributed by atoms with van der Waals surface area (Å²) in [7, 11) is 1.65. The molecular weight excluding hydrogens is 418 g/mol. The van der Waals surface area contributed by atoms with E-state index in [2.05, 4.69) is 16.1 Å². The molecule has 7 heteroatoms. The van der Waals surface area contributed by atoms with Gasteiger partial charge in [-0.3, -0.25) is 9.58 Å². The van der Waals surface area contributed by atoms with E-state index in [9.17, 15) is 5.11 Å². The molecule has 0 radical (unpaired) electrons. The van der Waals surface area contributed by atoms with Crippen LogP contribution in [0.2, 0.25) is 0 Å². The summed E-state index contributed by atoms with van der Waals surface area (Å²) in [6, 6.07) is 15.7. The molecule has 1 atom stereocenters. The maximum absolute atomic E-state index is 11.1. The second-order valence-electron chi connectivity index (χ2n) is 8.75. The van der Waals surface area contributed by atoms with Gasteiger partial charge in [0.15, 0.2) is 11.5 Å². The highest BCUT2D eigenvalue weighted by molar-refractivity contribution is 5.43. The maximum Gasteiger partial charge on any atom is 0.161 e. The number of β-amino-alcohol motifs (C(OH)–C–C–N with tert-alkyl or cyclic N) is 1. The minimum Gasteiger partial charge on any atom is -0.493 e. The number of aromatic nitrogens is 2. The molecule has 0 amide bonds. The number of hydrogen-bond donors (Lipinski definition) is 1. The van der Waals surface area contributed by atoms with Gasteiger partial charge in [-0.15, -0.1) is 0 Å². The minimum absolute atomic E-state index is 0.289. The molecule has 2 heterocycles. The van der Waals surface area contributed by atoms with Gasteiger partial charge in [0.05, 0.1) is 19.9 Å². The third kappa shape index (κ3) is 6.49. The summed E-state index contributed by atoms with van der Waals surface area (Å²) in [4.78, 5) is 2.27. The van der Waals surface area contributed by atoms with E-state index in [0.717, 1.165) is 48.6 Å². The maximum atomic E-state index is 11.1. The monoisotopic (exact) mass is 451 g/mol. The molecular formula is C26H33N3O4. The Morgan fingerprint density at radius 3 is 2.70 bits per heavy atom. The molecule has 1 aliphatic heterocycles. The van der Waals surface area contributed by atoms with E-state index >= 15 is 0 Å². The predicted octanol–water partition coefficient (Wildman–Crippen LogP) is 3.69. The molecule has 0 aliphatic carbocycles. The molecule has 33 heavy (non-hydrogen) atoms. The molecule has 1 fully saturated rings. The van der Waals surface area contributed by atoms with Gasteiger partial charge in [-0.2, -0.15) is 5.10 Å². The first-order valence-electron chi connectivity index (χ1n) is 11.4. The van der Waals surface area contributed by atoms with Crippen LogP contribution in [-0.4, -0.2) is 58.8 Å². The Bertz CT molecular complexity index is 1020. The summed E-state index contributed by atoms with van der Waals surface area (Å²) in [6.45, 7) is 5.72. The average molecular weight is 452 g/mol. The lowest BCUT2D eigenvalue weighted by atomic mass is 9.93. The number of para-hydroxylation sites is 1. The van der Waals surface area contributed by atoms with Crippen LogP contribution in [0, 0.1) is 6.92 Å². The molecule has 0 unspecified atom stereocenters. The molecule has 7 nitrogen and oxygen atoms in total. The van der Waals surface area contributed by atoms with E-state index in [0.29, 0.717) is 25.4 Å². The lowest BCUT2D eigenvalue weighted by Crippen LogP contribution is -2.51. The van der Waals surface area contributed by atoms with Crippen LogP contribution in [-0.2, 0) is 13.1 Å². The Kier molecular flexibility index (Phi) is 7.52. The van der Waals surface area contributed by atoms with Crippen molar-refractivity contribution in [3.63, 3.8) is 0 Å². The number of hydrogen-bond acceptors (Lipinski definition) is 6. The van der Waals surface area contributed by atoms with Gasteiger partial charge in [0.2, 0.25) is 0 Å². The van der Waals surface area contributed by atoms with Crippen LogP contribution in [0.25, 0.3) is 0 Å². The number of benzene rings is 2. The summed E-state index contributed by atoms with van der Waals surface area (Å²) in [5.41, 5.74) is 1.39. The zero-order valence-electron chi connectivity index (χ0n) is 19.4. The Morgan fingerprint density at radius 1 is 1.09 bits per heavy atom. The number of methoxy groups -OCH3 is 1. The Balaban J connectivity index is 1.34. The van der Waals surface area contributed by atoms with Crippen molar-refractivity contribution in [2.24, 2.45) is 0 Å². The minimum atomic E-state index is -0.859. The van der Waals surface area contributed by atoms with Crippen molar-refractivity contribution in [1.29, 1.82) is 0 Å². The Labute approximate surface area is 195 Å². The molecule has 0 spiro atoms. The van der Waals surface area contributed by atoms with Gasteiger partial charge in [0.1, 0.15) is 24.6 Å². The standard InChI is InChI=1S/C26H33N3O4/c1-21-16-27-29(17-21)13-14-32-25-15-22(9-10-24(25)31-2)18-28-12-6-11-26(30,19-28)20-33-23-7-4-3-5-8-23/h3-5,7-10,15-17,30H,6,11-14,18-20H2,1-2H3/t26-/m0/s1. The third-order valence-corrected chi connectivity index (χ3v) is 5.86. The van der Waals surface area contributed by atoms with E-state index in [-0.39, 0.29) is 6.61 Å². The van der Waals surface area contributed by atoms with Gasteiger partial charge >= 0.3 is 0 Å². The smallest absolute Gasteiger partial charge is 0.161 e. The van der Waals surface area contributed by atoms with Crippen LogP contribution in [0.4, 0.5) is 0 Å². The van der Waals surface area contributed by atoms with Crippen molar-refractivity contribution in [3.8, 4) is 17.2 Å². The first kappa shape index (κ1) is 23.1. The summed E-state index contributed by atoms with van der Waals surface area (Å²) in [5.74, 6) is 2.21. The molecule has 1 aromatic heterocycles. The zero-order chi connectivity index (χ0) is 23.1. The second kappa shape index (κ2) is 10.7. The normalized spacial score (nSPS) is 18.8. The number of ether oxygens (including phenoxy) is 3. The fourth-order valence-corrected chi connectivity index (χ4v) is 4.22. The molecule has 0 saturated carbocycles. The molecule has 1 saturated heterocycles. The molecule has 0 bridgehead atoms. The quantitative estimate of drug-likeness (QED) is 0.507. The molecule has 1 N–H and O–H groups in total. The molecule has 3 aromatic rings. The van der Waals surface area contributed by atoms with Gasteiger partial charge in [0.25, 0.3) is 0 Å². The number of nitrogens with zero attached hydrogens (tertiary/aromatic N) is 3. The highest BCUT2D eigenvalue weighted by Crippen LogP contribution is 2.30. The van der Waals surface area contributed by atoms with E-state index in [1.165, 1.54) is 0 Å². The van der Waals surface area contributed by atoms with Gasteiger partial charge in [-0.05, 0) is 61.7 Å².